The molecule has 0 saturated carbocycles. The van der Waals surface area contributed by atoms with Gasteiger partial charge in [-0.3, -0.25) is 4.79 Å². The molecule has 0 aromatic rings. The van der Waals surface area contributed by atoms with Gasteiger partial charge in [-0.15, -0.1) is 0 Å². The topological polar surface area (TPSA) is 32.3 Å². The molecule has 2 rings (SSSR count). The van der Waals surface area contributed by atoms with Crippen molar-refractivity contribution in [3.63, 3.8) is 0 Å². The predicted octanol–water partition coefficient (Wildman–Crippen LogP) is 0.510. The van der Waals surface area contributed by atoms with Crippen molar-refractivity contribution in [3.05, 3.63) is 0 Å². The van der Waals surface area contributed by atoms with Gasteiger partial charge in [-0.2, -0.15) is 13.2 Å². The maximum absolute atomic E-state index is 12.6. The average Bonchev–Trinajstić information content (AvgIpc) is 2.58. The van der Waals surface area contributed by atoms with Crippen LogP contribution in [-0.2, 0) is 4.79 Å². The minimum absolute atomic E-state index is 0.274. The van der Waals surface area contributed by atoms with E-state index in [1.165, 1.54) is 6.92 Å². The molecular weight excluding hydrogens is 197 g/mol. The van der Waals surface area contributed by atoms with Crippen LogP contribution in [0.3, 0.4) is 0 Å². The fraction of sp³-hybridized carbons (Fsp3) is 0.875. The number of rotatable bonds is 0. The molecule has 6 heteroatoms. The number of carbonyl (C=O) groups excluding carboxylic acids is 1. The molecule has 14 heavy (non-hydrogen) atoms. The fourth-order valence-corrected chi connectivity index (χ4v) is 2.46. The van der Waals surface area contributed by atoms with Crippen molar-refractivity contribution >= 4 is 5.91 Å². The third kappa shape index (κ3) is 1.28. The average molecular weight is 208 g/mol. The van der Waals surface area contributed by atoms with Crippen LogP contribution in [0.2, 0.25) is 0 Å². The van der Waals surface area contributed by atoms with Gasteiger partial charge in [0.1, 0.15) is 6.04 Å². The Kier molecular flexibility index (Phi) is 1.99. The van der Waals surface area contributed by atoms with E-state index in [2.05, 4.69) is 5.32 Å². The van der Waals surface area contributed by atoms with E-state index in [1.807, 2.05) is 0 Å². The van der Waals surface area contributed by atoms with Gasteiger partial charge in [-0.1, -0.05) is 0 Å². The summed E-state index contributed by atoms with van der Waals surface area (Å²) in [4.78, 5) is 12.1. The molecule has 3 atom stereocenters. The second-order valence-electron chi connectivity index (χ2n) is 3.82. The Balaban J connectivity index is 2.26. The first kappa shape index (κ1) is 9.76. The number of amides is 1. The summed E-state index contributed by atoms with van der Waals surface area (Å²) < 4.78 is 37.8. The first-order chi connectivity index (χ1) is 6.41. The second-order valence-corrected chi connectivity index (χ2v) is 3.82. The third-order valence-electron chi connectivity index (χ3n) is 2.91. The molecule has 2 bridgehead atoms. The summed E-state index contributed by atoms with van der Waals surface area (Å²) in [5, 5.41) is 2.78. The molecule has 3 nitrogen and oxygen atoms in total. The maximum Gasteiger partial charge on any atom is 0.410 e. The highest BCUT2D eigenvalue weighted by Crippen LogP contribution is 2.38. The lowest BCUT2D eigenvalue weighted by atomic mass is 10.1. The Labute approximate surface area is 79.3 Å². The van der Waals surface area contributed by atoms with Crippen LogP contribution in [0.15, 0.2) is 0 Å². The van der Waals surface area contributed by atoms with Gasteiger partial charge in [0.2, 0.25) is 5.91 Å². The SMILES string of the molecule is CC(=O)N1C2CNC(C2)C1C(F)(F)F. The number of hydrogen-bond donors (Lipinski definition) is 1. The number of hydrogen-bond acceptors (Lipinski definition) is 2. The number of halogens is 3. The summed E-state index contributed by atoms with van der Waals surface area (Å²) >= 11 is 0. The van der Waals surface area contributed by atoms with Gasteiger partial charge < -0.3 is 10.2 Å². The molecule has 3 unspecified atom stereocenters. The Morgan fingerprint density at radius 1 is 1.50 bits per heavy atom. The first-order valence-corrected chi connectivity index (χ1v) is 4.50. The smallest absolute Gasteiger partial charge is 0.325 e. The summed E-state index contributed by atoms with van der Waals surface area (Å²) in [6, 6.07) is -2.51. The number of piperazine rings is 1. The molecule has 1 amide bonds. The number of alkyl halides is 3. The lowest BCUT2D eigenvalue weighted by Gasteiger charge is -2.36. The van der Waals surface area contributed by atoms with Crippen LogP contribution >= 0.6 is 0 Å². The molecule has 80 valence electrons. The van der Waals surface area contributed by atoms with Gasteiger partial charge in [0.25, 0.3) is 0 Å². The van der Waals surface area contributed by atoms with Crippen molar-refractivity contribution in [2.45, 2.75) is 37.6 Å². The summed E-state index contributed by atoms with van der Waals surface area (Å²) in [7, 11) is 0. The Morgan fingerprint density at radius 3 is 2.57 bits per heavy atom. The molecule has 0 spiro atoms. The van der Waals surface area contributed by atoms with Crippen molar-refractivity contribution in [1.82, 2.24) is 10.2 Å². The molecule has 0 aliphatic carbocycles. The molecular formula is C8H11F3N2O. The summed E-state index contributed by atoms with van der Waals surface area (Å²) in [5.41, 5.74) is 0. The summed E-state index contributed by atoms with van der Waals surface area (Å²) in [6.45, 7) is 1.68. The monoisotopic (exact) mass is 208 g/mol. The minimum atomic E-state index is -4.32. The van der Waals surface area contributed by atoms with E-state index in [0.717, 1.165) is 4.90 Å². The van der Waals surface area contributed by atoms with Gasteiger partial charge in [0.15, 0.2) is 0 Å². The molecule has 2 aliphatic rings. The van der Waals surface area contributed by atoms with Gasteiger partial charge in [0, 0.05) is 25.6 Å². The van der Waals surface area contributed by atoms with E-state index in [4.69, 9.17) is 0 Å². The van der Waals surface area contributed by atoms with E-state index < -0.39 is 24.2 Å². The highest BCUT2D eigenvalue weighted by Gasteiger charge is 2.58. The van der Waals surface area contributed by atoms with Crippen LogP contribution in [0.25, 0.3) is 0 Å². The number of nitrogens with zero attached hydrogens (tertiary/aromatic N) is 1. The number of fused-ring (bicyclic) bond motifs is 2. The molecule has 2 heterocycles. The van der Waals surface area contributed by atoms with E-state index in [0.29, 0.717) is 13.0 Å². The standard InChI is InChI=1S/C8H11F3N2O/c1-4(14)13-5-2-6(12-3-5)7(13)8(9,10)11/h5-7,12H,2-3H2,1H3. The zero-order valence-corrected chi connectivity index (χ0v) is 7.64. The molecule has 2 saturated heterocycles. The van der Waals surface area contributed by atoms with Crippen molar-refractivity contribution in [2.75, 3.05) is 6.54 Å². The highest BCUT2D eigenvalue weighted by atomic mass is 19.4. The predicted molar refractivity (Wildman–Crippen MR) is 42.6 cm³/mol. The second kappa shape index (κ2) is 2.85. The normalized spacial score (nSPS) is 36.6. The Hall–Kier alpha value is -0.780. The number of likely N-dealkylation sites (tertiary alicyclic amines) is 1. The minimum Gasteiger partial charge on any atom is -0.325 e. The largest absolute Gasteiger partial charge is 0.410 e. The first-order valence-electron chi connectivity index (χ1n) is 4.50. The van der Waals surface area contributed by atoms with E-state index in [9.17, 15) is 18.0 Å². The van der Waals surface area contributed by atoms with Gasteiger partial charge in [0.05, 0.1) is 0 Å². The van der Waals surface area contributed by atoms with Gasteiger partial charge in [-0.05, 0) is 6.42 Å². The van der Waals surface area contributed by atoms with Crippen LogP contribution in [0.5, 0.6) is 0 Å². The van der Waals surface area contributed by atoms with Crippen molar-refractivity contribution < 1.29 is 18.0 Å². The number of nitrogens with one attached hydrogen (secondary N) is 1. The maximum atomic E-state index is 12.6. The van der Waals surface area contributed by atoms with Crippen LogP contribution < -0.4 is 5.32 Å². The van der Waals surface area contributed by atoms with E-state index >= 15 is 0 Å². The molecule has 2 aliphatic heterocycles. The molecule has 2 fully saturated rings. The van der Waals surface area contributed by atoms with Crippen LogP contribution in [0.4, 0.5) is 13.2 Å². The lowest BCUT2D eigenvalue weighted by molar-refractivity contribution is -0.192. The van der Waals surface area contributed by atoms with Crippen LogP contribution in [-0.4, -0.2) is 41.7 Å². The van der Waals surface area contributed by atoms with Gasteiger partial charge >= 0.3 is 6.18 Å². The van der Waals surface area contributed by atoms with Crippen LogP contribution in [0, 0.1) is 0 Å². The van der Waals surface area contributed by atoms with Crippen LogP contribution in [0.1, 0.15) is 13.3 Å². The zero-order valence-electron chi connectivity index (χ0n) is 7.64. The van der Waals surface area contributed by atoms with Gasteiger partial charge in [-0.25, -0.2) is 0 Å². The van der Waals surface area contributed by atoms with Crippen molar-refractivity contribution in [1.29, 1.82) is 0 Å². The lowest BCUT2D eigenvalue weighted by Crippen LogP contribution is -2.59. The summed E-state index contributed by atoms with van der Waals surface area (Å²) in [6.07, 6.45) is -3.90. The molecule has 0 radical (unpaired) electrons. The number of carbonyl (C=O) groups is 1. The zero-order chi connectivity index (χ0) is 10.5. The molecule has 0 aromatic heterocycles. The molecule has 1 N–H and O–H groups in total. The van der Waals surface area contributed by atoms with E-state index in [-0.39, 0.29) is 6.04 Å². The Morgan fingerprint density at radius 2 is 2.14 bits per heavy atom. The van der Waals surface area contributed by atoms with E-state index in [1.54, 1.807) is 0 Å². The Bertz CT molecular complexity index is 266. The summed E-state index contributed by atoms with van der Waals surface area (Å²) in [5.74, 6) is -0.485. The third-order valence-corrected chi connectivity index (χ3v) is 2.91. The fourth-order valence-electron chi connectivity index (χ4n) is 2.46. The van der Waals surface area contributed by atoms with Crippen molar-refractivity contribution in [3.8, 4) is 0 Å². The quantitative estimate of drug-likeness (QED) is 0.629. The molecule has 0 aromatic carbocycles. The van der Waals surface area contributed by atoms with Crippen molar-refractivity contribution in [2.24, 2.45) is 0 Å². The highest BCUT2D eigenvalue weighted by molar-refractivity contribution is 5.75.